The molecule has 0 N–H and O–H groups in total. The fourth-order valence-electron chi connectivity index (χ4n) is 1.75. The van der Waals surface area contributed by atoms with Gasteiger partial charge in [-0.1, -0.05) is 23.7 Å². The quantitative estimate of drug-likeness (QED) is 0.599. The van der Waals surface area contributed by atoms with Crippen LogP contribution in [0.5, 0.6) is 11.5 Å². The number of halogens is 1. The standard InChI is InChI=1S/C15H14ClO3P.Li.H/c1-18-10-7-8-14(12(16)9-10)20-15(17)11-5-3-4-6-13(11)19-2;;/h3-9,20H,1-2H3;;/q;+1;-1. The summed E-state index contributed by atoms with van der Waals surface area (Å²) in [4.78, 5) is 12.3. The van der Waals surface area contributed by atoms with E-state index >= 15 is 0 Å². The maximum Gasteiger partial charge on any atom is 1.00 e. The summed E-state index contributed by atoms with van der Waals surface area (Å²) in [6.45, 7) is 0. The Hall–Kier alpha value is -0.973. The van der Waals surface area contributed by atoms with Crippen molar-refractivity contribution < 1.29 is 34.6 Å². The summed E-state index contributed by atoms with van der Waals surface area (Å²) >= 11 is 6.16. The molecule has 2 rings (SSSR count). The zero-order valence-electron chi connectivity index (χ0n) is 13.1. The van der Waals surface area contributed by atoms with Crippen molar-refractivity contribution in [3.05, 3.63) is 53.1 Å². The Bertz CT molecular complexity index is 640. The van der Waals surface area contributed by atoms with Gasteiger partial charge >= 0.3 is 18.9 Å². The first kappa shape index (κ1) is 18.1. The van der Waals surface area contributed by atoms with Gasteiger partial charge in [0, 0.05) is 0 Å². The molecule has 1 atom stereocenters. The maximum absolute atomic E-state index is 12.3. The van der Waals surface area contributed by atoms with Gasteiger partial charge in [0.05, 0.1) is 24.8 Å². The number of hydrogen-bond acceptors (Lipinski definition) is 3. The van der Waals surface area contributed by atoms with Crippen LogP contribution in [-0.4, -0.2) is 19.7 Å². The zero-order chi connectivity index (χ0) is 14.5. The number of methoxy groups -OCH3 is 2. The number of benzene rings is 2. The van der Waals surface area contributed by atoms with Crippen LogP contribution in [0.1, 0.15) is 11.8 Å². The first-order chi connectivity index (χ1) is 9.65. The van der Waals surface area contributed by atoms with Gasteiger partial charge < -0.3 is 10.9 Å². The van der Waals surface area contributed by atoms with Crippen molar-refractivity contribution in [2.45, 2.75) is 0 Å². The second-order valence-electron chi connectivity index (χ2n) is 4.00. The molecular formula is C15H15ClLiO3P. The Morgan fingerprint density at radius 3 is 2.48 bits per heavy atom. The van der Waals surface area contributed by atoms with E-state index in [0.717, 1.165) is 5.30 Å². The maximum atomic E-state index is 12.3. The van der Waals surface area contributed by atoms with E-state index in [4.69, 9.17) is 21.1 Å². The van der Waals surface area contributed by atoms with Gasteiger partial charge in [-0.3, -0.25) is 4.79 Å². The Labute approximate surface area is 144 Å². The molecule has 3 nitrogen and oxygen atoms in total. The van der Waals surface area contributed by atoms with Gasteiger partial charge in [-0.05, 0) is 44.2 Å². The van der Waals surface area contributed by atoms with Crippen LogP contribution in [0.15, 0.2) is 42.5 Å². The summed E-state index contributed by atoms with van der Waals surface area (Å²) in [6.07, 6.45) is 0. The van der Waals surface area contributed by atoms with E-state index in [1.54, 1.807) is 38.5 Å². The molecule has 106 valence electrons. The van der Waals surface area contributed by atoms with Gasteiger partial charge in [0.1, 0.15) is 11.5 Å². The Kier molecular flexibility index (Phi) is 7.29. The van der Waals surface area contributed by atoms with E-state index in [1.165, 1.54) is 0 Å². The first-order valence-corrected chi connectivity index (χ1v) is 7.31. The summed E-state index contributed by atoms with van der Waals surface area (Å²) in [5.41, 5.74) is 0.565. The van der Waals surface area contributed by atoms with Crippen molar-refractivity contribution in [3.63, 3.8) is 0 Å². The van der Waals surface area contributed by atoms with Crippen LogP contribution in [0, 0.1) is 0 Å². The van der Waals surface area contributed by atoms with Crippen molar-refractivity contribution in [1.82, 2.24) is 0 Å². The number of carbonyl (C=O) groups is 1. The van der Waals surface area contributed by atoms with Crippen LogP contribution in [0.2, 0.25) is 5.02 Å². The SMILES string of the molecule is COc1ccc(PC(=O)c2ccccc2OC)c(Cl)c1.[H-].[Li+]. The average Bonchev–Trinajstić information content (AvgIpc) is 2.49. The fourth-order valence-corrected chi connectivity index (χ4v) is 3.00. The van der Waals surface area contributed by atoms with Gasteiger partial charge in [-0.15, -0.1) is 0 Å². The van der Waals surface area contributed by atoms with Crippen LogP contribution in [0.4, 0.5) is 0 Å². The summed E-state index contributed by atoms with van der Waals surface area (Å²) in [6, 6.07) is 12.5. The number of ether oxygens (including phenoxy) is 2. The number of hydrogen-bond donors (Lipinski definition) is 0. The van der Waals surface area contributed by atoms with Crippen molar-refractivity contribution in [1.29, 1.82) is 0 Å². The van der Waals surface area contributed by atoms with Crippen LogP contribution in [0.3, 0.4) is 0 Å². The second-order valence-corrected chi connectivity index (χ2v) is 5.65. The molecule has 0 heterocycles. The number of rotatable bonds is 5. The van der Waals surface area contributed by atoms with Gasteiger partial charge in [0.15, 0.2) is 5.52 Å². The molecule has 6 heteroatoms. The fraction of sp³-hybridized carbons (Fsp3) is 0.133. The van der Waals surface area contributed by atoms with Gasteiger partial charge in [0.2, 0.25) is 0 Å². The summed E-state index contributed by atoms with van der Waals surface area (Å²) in [5.74, 6) is 1.25. The molecule has 0 amide bonds. The average molecular weight is 317 g/mol. The van der Waals surface area contributed by atoms with Crippen molar-refractivity contribution in [2.24, 2.45) is 0 Å². The molecule has 0 saturated carbocycles. The third-order valence-electron chi connectivity index (χ3n) is 2.78. The van der Waals surface area contributed by atoms with Crippen molar-refractivity contribution in [2.75, 3.05) is 14.2 Å². The molecule has 0 aliphatic carbocycles. The van der Waals surface area contributed by atoms with Crippen LogP contribution in [-0.2, 0) is 0 Å². The normalized spacial score (nSPS) is 10.2. The minimum absolute atomic E-state index is 0. The molecule has 0 radical (unpaired) electrons. The van der Waals surface area contributed by atoms with Crippen molar-refractivity contribution in [3.8, 4) is 11.5 Å². The summed E-state index contributed by atoms with van der Waals surface area (Å²) in [5, 5.41) is 1.33. The summed E-state index contributed by atoms with van der Waals surface area (Å²) < 4.78 is 10.3. The Morgan fingerprint density at radius 1 is 1.14 bits per heavy atom. The molecule has 0 saturated heterocycles. The van der Waals surface area contributed by atoms with E-state index in [9.17, 15) is 4.79 Å². The predicted octanol–water partition coefficient (Wildman–Crippen LogP) is 0.618. The molecule has 1 unspecified atom stereocenters. The zero-order valence-corrected chi connectivity index (χ0v) is 13.9. The molecule has 2 aromatic rings. The molecule has 0 aliphatic heterocycles. The van der Waals surface area contributed by atoms with E-state index in [2.05, 4.69) is 0 Å². The van der Waals surface area contributed by atoms with Gasteiger partial charge in [-0.25, -0.2) is 0 Å². The number of carbonyl (C=O) groups excluding carboxylic acids is 1. The molecule has 0 aliphatic rings. The second kappa shape index (κ2) is 8.47. The molecule has 0 aromatic heterocycles. The number of para-hydroxylation sites is 1. The Balaban J connectivity index is 0.00000220. The molecule has 0 spiro atoms. The molecule has 2 aromatic carbocycles. The van der Waals surface area contributed by atoms with E-state index in [-0.39, 0.29) is 34.4 Å². The largest absolute Gasteiger partial charge is 1.00 e. The molecule has 0 fully saturated rings. The van der Waals surface area contributed by atoms with Gasteiger partial charge in [0.25, 0.3) is 0 Å². The van der Waals surface area contributed by atoms with E-state index in [1.807, 2.05) is 18.2 Å². The van der Waals surface area contributed by atoms with Crippen molar-refractivity contribution >= 4 is 31.0 Å². The van der Waals surface area contributed by atoms with Crippen LogP contribution in [0.25, 0.3) is 0 Å². The predicted molar refractivity (Wildman–Crippen MR) is 84.4 cm³/mol. The minimum Gasteiger partial charge on any atom is -1.00 e. The smallest absolute Gasteiger partial charge is 1.00 e. The molecular weight excluding hydrogens is 302 g/mol. The van der Waals surface area contributed by atoms with Crippen LogP contribution >= 0.6 is 20.2 Å². The van der Waals surface area contributed by atoms with E-state index < -0.39 is 0 Å². The minimum atomic E-state index is -0.0547. The molecule has 0 bridgehead atoms. The topological polar surface area (TPSA) is 35.5 Å². The monoisotopic (exact) mass is 316 g/mol. The van der Waals surface area contributed by atoms with Gasteiger partial charge in [-0.2, -0.15) is 0 Å². The van der Waals surface area contributed by atoms with E-state index in [0.29, 0.717) is 22.1 Å². The third-order valence-corrected chi connectivity index (χ3v) is 4.45. The first-order valence-electron chi connectivity index (χ1n) is 5.93. The Morgan fingerprint density at radius 2 is 1.86 bits per heavy atom. The van der Waals surface area contributed by atoms with Crippen LogP contribution < -0.4 is 33.6 Å². The molecule has 21 heavy (non-hydrogen) atoms. The third kappa shape index (κ3) is 4.50. The summed E-state index contributed by atoms with van der Waals surface area (Å²) in [7, 11) is 3.07.